The zero-order chi connectivity index (χ0) is 18.9. The van der Waals surface area contributed by atoms with Crippen molar-refractivity contribution >= 4 is 11.7 Å². The normalized spacial score (nSPS) is 10.3. The van der Waals surface area contributed by atoms with Gasteiger partial charge in [0.15, 0.2) is 0 Å². The molecule has 0 unspecified atom stereocenters. The van der Waals surface area contributed by atoms with Crippen LogP contribution in [0.15, 0.2) is 61.1 Å². The first-order valence-electron chi connectivity index (χ1n) is 8.61. The third kappa shape index (κ3) is 5.50. The number of rotatable bonds is 8. The van der Waals surface area contributed by atoms with Crippen LogP contribution in [0, 0.1) is 0 Å². The first-order chi connectivity index (χ1) is 13.2. The molecule has 0 aliphatic carbocycles. The van der Waals surface area contributed by atoms with Crippen LogP contribution in [0.4, 0.5) is 5.82 Å². The third-order valence-electron chi connectivity index (χ3n) is 3.93. The van der Waals surface area contributed by atoms with E-state index in [1.54, 1.807) is 19.4 Å². The van der Waals surface area contributed by atoms with E-state index < -0.39 is 0 Å². The number of hydrogen-bond donors (Lipinski definition) is 2. The molecule has 1 amide bonds. The molecule has 0 radical (unpaired) electrons. The van der Waals surface area contributed by atoms with Gasteiger partial charge in [0.25, 0.3) is 5.91 Å². The van der Waals surface area contributed by atoms with Gasteiger partial charge in [0.05, 0.1) is 19.3 Å². The number of ether oxygens (including phenoxy) is 1. The molecule has 0 spiro atoms. The van der Waals surface area contributed by atoms with Gasteiger partial charge in [-0.1, -0.05) is 18.2 Å². The maximum absolute atomic E-state index is 12.3. The summed E-state index contributed by atoms with van der Waals surface area (Å²) in [5.41, 5.74) is 2.29. The lowest BCUT2D eigenvalue weighted by Gasteiger charge is -2.08. The minimum atomic E-state index is -0.263. The van der Waals surface area contributed by atoms with Crippen LogP contribution in [-0.4, -0.2) is 34.5 Å². The lowest BCUT2D eigenvalue weighted by atomic mass is 10.1. The Balaban J connectivity index is 1.51. The predicted molar refractivity (Wildman–Crippen MR) is 103 cm³/mol. The van der Waals surface area contributed by atoms with Crippen LogP contribution < -0.4 is 15.4 Å². The molecule has 7 heteroatoms. The molecule has 0 aliphatic heterocycles. The summed E-state index contributed by atoms with van der Waals surface area (Å²) in [7, 11) is 1.65. The van der Waals surface area contributed by atoms with Crippen LogP contribution >= 0.6 is 0 Å². The van der Waals surface area contributed by atoms with E-state index in [0.717, 1.165) is 17.9 Å². The van der Waals surface area contributed by atoms with Crippen LogP contribution in [-0.2, 0) is 13.0 Å². The van der Waals surface area contributed by atoms with Crippen molar-refractivity contribution in [1.29, 1.82) is 0 Å². The topological polar surface area (TPSA) is 89.0 Å². The van der Waals surface area contributed by atoms with Gasteiger partial charge in [0, 0.05) is 18.8 Å². The average molecular weight is 363 g/mol. The molecule has 138 valence electrons. The Morgan fingerprint density at radius 3 is 2.67 bits per heavy atom. The van der Waals surface area contributed by atoms with Crippen LogP contribution in [0.3, 0.4) is 0 Å². The highest BCUT2D eigenvalue weighted by atomic mass is 16.5. The first-order valence-corrected chi connectivity index (χ1v) is 8.61. The van der Waals surface area contributed by atoms with Crippen molar-refractivity contribution in [3.63, 3.8) is 0 Å². The molecule has 0 fully saturated rings. The second kappa shape index (κ2) is 9.28. The number of anilines is 1. The molecule has 0 aliphatic rings. The lowest BCUT2D eigenvalue weighted by Crippen LogP contribution is -2.24. The third-order valence-corrected chi connectivity index (χ3v) is 3.93. The van der Waals surface area contributed by atoms with Gasteiger partial charge >= 0.3 is 0 Å². The number of nitrogens with one attached hydrogen (secondary N) is 2. The maximum atomic E-state index is 12.3. The molecule has 1 aromatic carbocycles. The highest BCUT2D eigenvalue weighted by Crippen LogP contribution is 2.12. The highest BCUT2D eigenvalue weighted by Gasteiger charge is 2.08. The number of methoxy groups -OCH3 is 1. The summed E-state index contributed by atoms with van der Waals surface area (Å²) in [6.45, 7) is 1.04. The van der Waals surface area contributed by atoms with Gasteiger partial charge < -0.3 is 15.4 Å². The number of benzene rings is 1. The second-order valence-corrected chi connectivity index (χ2v) is 5.82. The molecule has 0 bridgehead atoms. The predicted octanol–water partition coefficient (Wildman–Crippen LogP) is 2.46. The lowest BCUT2D eigenvalue weighted by molar-refractivity contribution is 0.0945. The fraction of sp³-hybridized carbons (Fsp3) is 0.200. The minimum absolute atomic E-state index is 0.263. The summed E-state index contributed by atoms with van der Waals surface area (Å²) in [5.74, 6) is 1.19. The maximum Gasteiger partial charge on any atom is 0.270 e. The minimum Gasteiger partial charge on any atom is -0.497 e. The Hall–Kier alpha value is -3.48. The van der Waals surface area contributed by atoms with Gasteiger partial charge in [0.1, 0.15) is 23.6 Å². The van der Waals surface area contributed by atoms with Crippen LogP contribution in [0.25, 0.3) is 0 Å². The molecule has 2 heterocycles. The van der Waals surface area contributed by atoms with Gasteiger partial charge in [-0.25, -0.2) is 9.97 Å². The average Bonchev–Trinajstić information content (AvgIpc) is 2.73. The summed E-state index contributed by atoms with van der Waals surface area (Å²) in [6.07, 6.45) is 3.90. The molecular weight excluding hydrogens is 342 g/mol. The van der Waals surface area contributed by atoms with E-state index in [-0.39, 0.29) is 5.91 Å². The second-order valence-electron chi connectivity index (χ2n) is 5.82. The van der Waals surface area contributed by atoms with Crippen molar-refractivity contribution in [2.75, 3.05) is 19.0 Å². The molecule has 0 saturated carbocycles. The summed E-state index contributed by atoms with van der Waals surface area (Å²) >= 11 is 0. The number of aromatic nitrogens is 3. The molecular formula is C20H21N5O2. The quantitative estimate of drug-likeness (QED) is 0.639. The van der Waals surface area contributed by atoms with Crippen molar-refractivity contribution in [2.45, 2.75) is 13.0 Å². The standard InChI is InChI=1S/C20H21N5O2/c1-27-17-7-5-15(6-8-17)9-11-22-19-12-18(24-14-25-19)20(26)23-13-16-4-2-3-10-21-16/h2-8,10,12,14H,9,11,13H2,1H3,(H,23,26)(H,22,24,25). The molecule has 3 aromatic rings. The molecule has 3 rings (SSSR count). The van der Waals surface area contributed by atoms with E-state index in [0.29, 0.717) is 24.6 Å². The summed E-state index contributed by atoms with van der Waals surface area (Å²) < 4.78 is 5.15. The zero-order valence-electron chi connectivity index (χ0n) is 15.1. The zero-order valence-corrected chi connectivity index (χ0v) is 15.1. The Kier molecular flexibility index (Phi) is 6.30. The van der Waals surface area contributed by atoms with E-state index in [1.807, 2.05) is 42.5 Å². The van der Waals surface area contributed by atoms with Crippen molar-refractivity contribution in [2.24, 2.45) is 0 Å². The molecule has 0 saturated heterocycles. The highest BCUT2D eigenvalue weighted by molar-refractivity contribution is 5.92. The van der Waals surface area contributed by atoms with Gasteiger partial charge in [-0.3, -0.25) is 9.78 Å². The van der Waals surface area contributed by atoms with Crippen molar-refractivity contribution in [3.05, 3.63) is 78.0 Å². The molecule has 7 nitrogen and oxygen atoms in total. The van der Waals surface area contributed by atoms with Gasteiger partial charge in [0.2, 0.25) is 0 Å². The summed E-state index contributed by atoms with van der Waals surface area (Å²) in [6, 6.07) is 15.1. The largest absolute Gasteiger partial charge is 0.497 e. The van der Waals surface area contributed by atoms with Crippen LogP contribution in [0.5, 0.6) is 5.75 Å². The first kappa shape index (κ1) is 18.3. The SMILES string of the molecule is COc1ccc(CCNc2cc(C(=O)NCc3ccccn3)ncn2)cc1. The van der Waals surface area contributed by atoms with E-state index in [2.05, 4.69) is 25.6 Å². The van der Waals surface area contributed by atoms with Crippen molar-refractivity contribution in [1.82, 2.24) is 20.3 Å². The van der Waals surface area contributed by atoms with Gasteiger partial charge in [-0.15, -0.1) is 0 Å². The van der Waals surface area contributed by atoms with Crippen LogP contribution in [0.2, 0.25) is 0 Å². The fourth-order valence-corrected chi connectivity index (χ4v) is 2.47. The molecule has 27 heavy (non-hydrogen) atoms. The smallest absolute Gasteiger partial charge is 0.270 e. The van der Waals surface area contributed by atoms with Crippen molar-refractivity contribution < 1.29 is 9.53 Å². The van der Waals surface area contributed by atoms with Crippen molar-refractivity contribution in [3.8, 4) is 5.75 Å². The van der Waals surface area contributed by atoms with Gasteiger partial charge in [-0.05, 0) is 36.2 Å². The number of carbonyl (C=O) groups excluding carboxylic acids is 1. The van der Waals surface area contributed by atoms with E-state index in [4.69, 9.17) is 4.74 Å². The number of nitrogens with zero attached hydrogens (tertiary/aromatic N) is 3. The summed E-state index contributed by atoms with van der Waals surface area (Å²) in [4.78, 5) is 24.6. The Bertz CT molecular complexity index is 869. The van der Waals surface area contributed by atoms with Gasteiger partial charge in [-0.2, -0.15) is 0 Å². The number of pyridine rings is 1. The Morgan fingerprint density at radius 1 is 1.07 bits per heavy atom. The Morgan fingerprint density at radius 2 is 1.93 bits per heavy atom. The number of amides is 1. The molecule has 2 aromatic heterocycles. The van der Waals surface area contributed by atoms with E-state index in [1.165, 1.54) is 11.9 Å². The molecule has 2 N–H and O–H groups in total. The van der Waals surface area contributed by atoms with Crippen LogP contribution in [0.1, 0.15) is 21.7 Å². The summed E-state index contributed by atoms with van der Waals surface area (Å²) in [5, 5.41) is 6.02. The monoisotopic (exact) mass is 363 g/mol. The van der Waals surface area contributed by atoms with E-state index >= 15 is 0 Å². The molecule has 0 atom stereocenters. The Labute approximate surface area is 157 Å². The fourth-order valence-electron chi connectivity index (χ4n) is 2.47. The number of hydrogen-bond acceptors (Lipinski definition) is 6. The van der Waals surface area contributed by atoms with E-state index in [9.17, 15) is 4.79 Å². The number of carbonyl (C=O) groups is 1.